The van der Waals surface area contributed by atoms with Crippen LogP contribution in [-0.4, -0.2) is 26.4 Å². The van der Waals surface area contributed by atoms with Gasteiger partial charge in [0.05, 0.1) is 18.0 Å². The zero-order chi connectivity index (χ0) is 13.5. The number of rotatable bonds is 7. The summed E-state index contributed by atoms with van der Waals surface area (Å²) in [4.78, 5) is 0. The first-order chi connectivity index (χ1) is 9.31. The van der Waals surface area contributed by atoms with Crippen LogP contribution in [0, 0.1) is 5.92 Å². The van der Waals surface area contributed by atoms with Gasteiger partial charge in [0.1, 0.15) is 5.75 Å². The molecule has 1 saturated heterocycles. The molecule has 19 heavy (non-hydrogen) atoms. The van der Waals surface area contributed by atoms with Gasteiger partial charge in [-0.1, -0.05) is 13.0 Å². The van der Waals surface area contributed by atoms with Gasteiger partial charge in [-0.05, 0) is 37.3 Å². The molecule has 1 aromatic rings. The Balaban J connectivity index is 1.84. The standard InChI is InChI=1S/C15H24N2O2/c1-2-9-19-14-5-3-4-13(15(14)16)17-8-6-12-7-10-18-11-12/h3-5,12,17H,2,6-11,16H2,1H3. The molecule has 106 valence electrons. The molecule has 3 N–H and O–H groups in total. The minimum atomic E-state index is 0.688. The zero-order valence-electron chi connectivity index (χ0n) is 11.7. The summed E-state index contributed by atoms with van der Waals surface area (Å²) in [6.07, 6.45) is 3.29. The lowest BCUT2D eigenvalue weighted by Crippen LogP contribution is -2.10. The summed E-state index contributed by atoms with van der Waals surface area (Å²) in [5.41, 5.74) is 7.78. The fourth-order valence-electron chi connectivity index (χ4n) is 2.26. The maximum Gasteiger partial charge on any atom is 0.144 e. The number of anilines is 2. The molecule has 0 bridgehead atoms. The van der Waals surface area contributed by atoms with Crippen LogP contribution in [0.3, 0.4) is 0 Å². The van der Waals surface area contributed by atoms with E-state index in [1.165, 1.54) is 6.42 Å². The Hall–Kier alpha value is -1.42. The second kappa shape index (κ2) is 7.24. The molecule has 0 aliphatic carbocycles. The molecule has 0 amide bonds. The Labute approximate surface area is 115 Å². The van der Waals surface area contributed by atoms with Gasteiger partial charge in [-0.25, -0.2) is 0 Å². The molecular formula is C15H24N2O2. The van der Waals surface area contributed by atoms with Gasteiger partial charge in [0, 0.05) is 19.8 Å². The van der Waals surface area contributed by atoms with Crippen molar-refractivity contribution in [2.75, 3.05) is 37.4 Å². The fourth-order valence-corrected chi connectivity index (χ4v) is 2.26. The Morgan fingerprint density at radius 3 is 3.11 bits per heavy atom. The minimum absolute atomic E-state index is 0.688. The third-order valence-corrected chi connectivity index (χ3v) is 3.42. The SMILES string of the molecule is CCCOc1cccc(NCCC2CCOC2)c1N. The van der Waals surface area contributed by atoms with Crippen molar-refractivity contribution in [2.45, 2.75) is 26.2 Å². The van der Waals surface area contributed by atoms with Gasteiger partial charge in [-0.3, -0.25) is 0 Å². The number of hydrogen-bond donors (Lipinski definition) is 2. The van der Waals surface area contributed by atoms with E-state index in [0.29, 0.717) is 18.2 Å². The van der Waals surface area contributed by atoms with Crippen LogP contribution in [0.5, 0.6) is 5.75 Å². The molecule has 1 aliphatic heterocycles. The molecule has 0 aromatic heterocycles. The Bertz CT molecular complexity index is 390. The highest BCUT2D eigenvalue weighted by Gasteiger charge is 2.15. The van der Waals surface area contributed by atoms with Crippen molar-refractivity contribution in [1.82, 2.24) is 0 Å². The van der Waals surface area contributed by atoms with Crippen molar-refractivity contribution in [3.63, 3.8) is 0 Å². The third-order valence-electron chi connectivity index (χ3n) is 3.42. The molecule has 1 aliphatic rings. The van der Waals surface area contributed by atoms with Crippen LogP contribution in [0.15, 0.2) is 18.2 Å². The average Bonchev–Trinajstić information content (AvgIpc) is 2.92. The topological polar surface area (TPSA) is 56.5 Å². The predicted molar refractivity (Wildman–Crippen MR) is 78.7 cm³/mol. The monoisotopic (exact) mass is 264 g/mol. The molecule has 1 heterocycles. The first kappa shape index (κ1) is 14.0. The number of nitrogens with one attached hydrogen (secondary N) is 1. The fraction of sp³-hybridized carbons (Fsp3) is 0.600. The summed E-state index contributed by atoms with van der Waals surface area (Å²) in [7, 11) is 0. The van der Waals surface area contributed by atoms with Gasteiger partial charge in [-0.2, -0.15) is 0 Å². The maximum absolute atomic E-state index is 6.11. The van der Waals surface area contributed by atoms with Crippen LogP contribution in [0.1, 0.15) is 26.2 Å². The van der Waals surface area contributed by atoms with Crippen LogP contribution in [0.4, 0.5) is 11.4 Å². The van der Waals surface area contributed by atoms with Crippen molar-refractivity contribution in [3.8, 4) is 5.75 Å². The zero-order valence-corrected chi connectivity index (χ0v) is 11.7. The Kier molecular flexibility index (Phi) is 5.33. The maximum atomic E-state index is 6.11. The number of para-hydroxylation sites is 1. The molecule has 1 aromatic carbocycles. The molecule has 4 heteroatoms. The molecule has 1 unspecified atom stereocenters. The van der Waals surface area contributed by atoms with E-state index in [1.807, 2.05) is 18.2 Å². The summed E-state index contributed by atoms with van der Waals surface area (Å²) in [5.74, 6) is 1.46. The average molecular weight is 264 g/mol. The summed E-state index contributed by atoms with van der Waals surface area (Å²) in [5, 5.41) is 3.40. The summed E-state index contributed by atoms with van der Waals surface area (Å²) < 4.78 is 11.0. The summed E-state index contributed by atoms with van der Waals surface area (Å²) in [6, 6.07) is 5.89. The Morgan fingerprint density at radius 2 is 2.37 bits per heavy atom. The van der Waals surface area contributed by atoms with E-state index in [2.05, 4.69) is 12.2 Å². The van der Waals surface area contributed by atoms with E-state index in [1.54, 1.807) is 0 Å². The van der Waals surface area contributed by atoms with Gasteiger partial charge >= 0.3 is 0 Å². The van der Waals surface area contributed by atoms with Gasteiger partial charge in [-0.15, -0.1) is 0 Å². The van der Waals surface area contributed by atoms with Crippen LogP contribution >= 0.6 is 0 Å². The van der Waals surface area contributed by atoms with Gasteiger partial charge in [0.15, 0.2) is 0 Å². The highest BCUT2D eigenvalue weighted by Crippen LogP contribution is 2.29. The second-order valence-electron chi connectivity index (χ2n) is 5.01. The van der Waals surface area contributed by atoms with E-state index >= 15 is 0 Å². The molecular weight excluding hydrogens is 240 g/mol. The van der Waals surface area contributed by atoms with Crippen molar-refractivity contribution in [2.24, 2.45) is 5.92 Å². The van der Waals surface area contributed by atoms with E-state index in [-0.39, 0.29) is 0 Å². The molecule has 0 saturated carbocycles. The summed E-state index contributed by atoms with van der Waals surface area (Å²) in [6.45, 7) is 5.52. The largest absolute Gasteiger partial charge is 0.491 e. The number of nitrogen functional groups attached to an aromatic ring is 1. The number of ether oxygens (including phenoxy) is 2. The molecule has 0 radical (unpaired) electrons. The van der Waals surface area contributed by atoms with E-state index in [9.17, 15) is 0 Å². The quantitative estimate of drug-likeness (QED) is 0.743. The smallest absolute Gasteiger partial charge is 0.144 e. The van der Waals surface area contributed by atoms with E-state index < -0.39 is 0 Å². The van der Waals surface area contributed by atoms with Gasteiger partial charge in [0.2, 0.25) is 0 Å². The lowest BCUT2D eigenvalue weighted by Gasteiger charge is -2.14. The van der Waals surface area contributed by atoms with Crippen molar-refractivity contribution in [1.29, 1.82) is 0 Å². The highest BCUT2D eigenvalue weighted by atomic mass is 16.5. The lowest BCUT2D eigenvalue weighted by molar-refractivity contribution is 0.185. The molecule has 4 nitrogen and oxygen atoms in total. The summed E-state index contributed by atoms with van der Waals surface area (Å²) >= 11 is 0. The van der Waals surface area contributed by atoms with E-state index in [0.717, 1.165) is 44.0 Å². The van der Waals surface area contributed by atoms with Crippen LogP contribution in [-0.2, 0) is 4.74 Å². The first-order valence-electron chi connectivity index (χ1n) is 7.14. The molecule has 0 spiro atoms. The Morgan fingerprint density at radius 1 is 1.47 bits per heavy atom. The number of benzene rings is 1. The first-order valence-corrected chi connectivity index (χ1v) is 7.14. The van der Waals surface area contributed by atoms with Crippen LogP contribution in [0.2, 0.25) is 0 Å². The number of hydrogen-bond acceptors (Lipinski definition) is 4. The third kappa shape index (κ3) is 4.03. The molecule has 2 rings (SSSR count). The van der Waals surface area contributed by atoms with Crippen LogP contribution in [0.25, 0.3) is 0 Å². The lowest BCUT2D eigenvalue weighted by atomic mass is 10.1. The predicted octanol–water partition coefficient (Wildman–Crippen LogP) is 2.90. The highest BCUT2D eigenvalue weighted by molar-refractivity contribution is 5.72. The normalized spacial score (nSPS) is 18.5. The van der Waals surface area contributed by atoms with Crippen molar-refractivity contribution >= 4 is 11.4 Å². The number of nitrogens with two attached hydrogens (primary N) is 1. The van der Waals surface area contributed by atoms with Crippen molar-refractivity contribution in [3.05, 3.63) is 18.2 Å². The molecule has 1 fully saturated rings. The van der Waals surface area contributed by atoms with Gasteiger partial charge in [0.25, 0.3) is 0 Å². The second-order valence-corrected chi connectivity index (χ2v) is 5.01. The minimum Gasteiger partial charge on any atom is -0.491 e. The van der Waals surface area contributed by atoms with Crippen LogP contribution < -0.4 is 15.8 Å². The van der Waals surface area contributed by atoms with Gasteiger partial charge < -0.3 is 20.5 Å². The van der Waals surface area contributed by atoms with Crippen molar-refractivity contribution < 1.29 is 9.47 Å². The van der Waals surface area contributed by atoms with E-state index in [4.69, 9.17) is 15.2 Å². The molecule has 1 atom stereocenters.